The van der Waals surface area contributed by atoms with Crippen molar-refractivity contribution in [3.63, 3.8) is 0 Å². The van der Waals surface area contributed by atoms with E-state index in [2.05, 4.69) is 6.07 Å². The molecule has 1 N–H and O–H groups in total. The predicted molar refractivity (Wildman–Crippen MR) is 59.6 cm³/mol. The van der Waals surface area contributed by atoms with Gasteiger partial charge in [0, 0.05) is 18.8 Å². The molecule has 1 aliphatic rings. The molecule has 0 saturated carbocycles. The van der Waals surface area contributed by atoms with Crippen LogP contribution in [0.2, 0.25) is 0 Å². The number of carboxylic acid groups (broad SMARTS) is 1. The number of hydrogen-bond donors (Lipinski definition) is 1. The molecule has 1 atom stereocenters. The quantitative estimate of drug-likeness (QED) is 0.819. The molecule has 0 aromatic heterocycles. The number of benzene rings is 1. The summed E-state index contributed by atoms with van der Waals surface area (Å²) >= 11 is 0. The summed E-state index contributed by atoms with van der Waals surface area (Å²) in [6, 6.07) is 7.21. The first-order chi connectivity index (χ1) is 7.67. The Morgan fingerprint density at radius 2 is 2.44 bits per heavy atom. The summed E-state index contributed by atoms with van der Waals surface area (Å²) in [6.07, 6.45) is 0. The monoisotopic (exact) mass is 216 g/mol. The number of rotatable bonds is 2. The molecule has 1 aliphatic heterocycles. The van der Waals surface area contributed by atoms with Crippen molar-refractivity contribution in [2.24, 2.45) is 0 Å². The predicted octanol–water partition coefficient (Wildman–Crippen LogP) is 1.83. The molecule has 4 nitrogen and oxygen atoms in total. The smallest absolute Gasteiger partial charge is 0.335 e. The van der Waals surface area contributed by atoms with Crippen LogP contribution in [0, 0.1) is 11.3 Å². The van der Waals surface area contributed by atoms with E-state index in [4.69, 9.17) is 10.4 Å². The van der Waals surface area contributed by atoms with Crippen LogP contribution in [0.15, 0.2) is 18.2 Å². The molecular weight excluding hydrogens is 204 g/mol. The van der Waals surface area contributed by atoms with Gasteiger partial charge >= 0.3 is 5.97 Å². The first kappa shape index (κ1) is 10.5. The van der Waals surface area contributed by atoms with Gasteiger partial charge in [0.2, 0.25) is 0 Å². The summed E-state index contributed by atoms with van der Waals surface area (Å²) in [5.74, 6) is -1.07. The van der Waals surface area contributed by atoms with E-state index in [0.717, 1.165) is 17.8 Å². The van der Waals surface area contributed by atoms with Crippen LogP contribution in [0.5, 0.6) is 0 Å². The number of carbonyl (C=O) groups is 1. The maximum absolute atomic E-state index is 10.9. The van der Waals surface area contributed by atoms with Gasteiger partial charge < -0.3 is 10.0 Å². The van der Waals surface area contributed by atoms with Gasteiger partial charge in [-0.2, -0.15) is 5.26 Å². The van der Waals surface area contributed by atoms with Gasteiger partial charge in [-0.3, -0.25) is 0 Å². The summed E-state index contributed by atoms with van der Waals surface area (Å²) in [4.78, 5) is 12.9. The Morgan fingerprint density at radius 3 is 3.00 bits per heavy atom. The van der Waals surface area contributed by atoms with E-state index in [1.165, 1.54) is 0 Å². The molecule has 1 aromatic carbocycles. The highest BCUT2D eigenvalue weighted by atomic mass is 16.4. The third-order valence-electron chi connectivity index (χ3n) is 2.93. The van der Waals surface area contributed by atoms with E-state index in [-0.39, 0.29) is 11.5 Å². The maximum atomic E-state index is 10.9. The minimum Gasteiger partial charge on any atom is -0.478 e. The number of hydrogen-bond acceptors (Lipinski definition) is 3. The summed E-state index contributed by atoms with van der Waals surface area (Å²) in [5, 5.41) is 17.9. The van der Waals surface area contributed by atoms with Gasteiger partial charge in [0.1, 0.15) is 0 Å². The number of aromatic carboxylic acids is 1. The standard InChI is InChI=1S/C12H12N2O2/c1-2-14-7-9(6-13)10-4-3-8(12(15)16)5-11(10)14/h3-5,9H,2,7H2,1H3,(H,15,16). The Hall–Kier alpha value is -2.02. The van der Waals surface area contributed by atoms with Crippen LogP contribution in [0.1, 0.15) is 28.8 Å². The van der Waals surface area contributed by atoms with E-state index in [9.17, 15) is 4.79 Å². The third-order valence-corrected chi connectivity index (χ3v) is 2.93. The topological polar surface area (TPSA) is 64.3 Å². The average Bonchev–Trinajstić information content (AvgIpc) is 2.65. The number of nitriles is 1. The molecule has 0 spiro atoms. The van der Waals surface area contributed by atoms with Crippen LogP contribution >= 0.6 is 0 Å². The molecule has 16 heavy (non-hydrogen) atoms. The lowest BCUT2D eigenvalue weighted by molar-refractivity contribution is 0.0697. The molecule has 0 bridgehead atoms. The zero-order valence-electron chi connectivity index (χ0n) is 8.97. The van der Waals surface area contributed by atoms with Crippen LogP contribution in [0.4, 0.5) is 5.69 Å². The third kappa shape index (κ3) is 1.50. The summed E-state index contributed by atoms with van der Waals surface area (Å²) in [5.41, 5.74) is 2.10. The van der Waals surface area contributed by atoms with Crippen LogP contribution < -0.4 is 4.90 Å². The van der Waals surface area contributed by atoms with Gasteiger partial charge in [0.15, 0.2) is 0 Å². The minimum atomic E-state index is -0.931. The fourth-order valence-corrected chi connectivity index (χ4v) is 2.07. The molecule has 0 radical (unpaired) electrons. The lowest BCUT2D eigenvalue weighted by Crippen LogP contribution is -2.20. The van der Waals surface area contributed by atoms with E-state index in [0.29, 0.717) is 6.54 Å². The lowest BCUT2D eigenvalue weighted by atomic mass is 10.0. The van der Waals surface area contributed by atoms with Crippen molar-refractivity contribution in [1.29, 1.82) is 5.26 Å². The average molecular weight is 216 g/mol. The second kappa shape index (κ2) is 3.86. The molecule has 0 aliphatic carbocycles. The Balaban J connectivity index is 2.49. The first-order valence-corrected chi connectivity index (χ1v) is 5.19. The molecule has 1 heterocycles. The lowest BCUT2D eigenvalue weighted by Gasteiger charge is -2.16. The van der Waals surface area contributed by atoms with Gasteiger partial charge in [-0.15, -0.1) is 0 Å². The van der Waals surface area contributed by atoms with Crippen LogP contribution in [-0.2, 0) is 0 Å². The Kier molecular flexibility index (Phi) is 2.53. The Labute approximate surface area is 93.7 Å². The fraction of sp³-hybridized carbons (Fsp3) is 0.333. The highest BCUT2D eigenvalue weighted by Gasteiger charge is 2.28. The maximum Gasteiger partial charge on any atom is 0.335 e. The van der Waals surface area contributed by atoms with Gasteiger partial charge in [0.25, 0.3) is 0 Å². The molecule has 0 amide bonds. The van der Waals surface area contributed by atoms with Crippen molar-refractivity contribution in [1.82, 2.24) is 0 Å². The van der Waals surface area contributed by atoms with Crippen molar-refractivity contribution in [2.75, 3.05) is 18.0 Å². The minimum absolute atomic E-state index is 0.141. The SMILES string of the molecule is CCN1CC(C#N)c2ccc(C(=O)O)cc21. The van der Waals surface area contributed by atoms with E-state index >= 15 is 0 Å². The zero-order valence-corrected chi connectivity index (χ0v) is 8.97. The molecule has 1 aromatic rings. The van der Waals surface area contributed by atoms with Crippen molar-refractivity contribution >= 4 is 11.7 Å². The highest BCUT2D eigenvalue weighted by Crippen LogP contribution is 2.36. The molecule has 0 saturated heterocycles. The zero-order chi connectivity index (χ0) is 11.7. The van der Waals surface area contributed by atoms with Crippen LogP contribution in [-0.4, -0.2) is 24.2 Å². The molecule has 1 unspecified atom stereocenters. The number of fused-ring (bicyclic) bond motifs is 1. The fourth-order valence-electron chi connectivity index (χ4n) is 2.07. The van der Waals surface area contributed by atoms with E-state index < -0.39 is 5.97 Å². The van der Waals surface area contributed by atoms with Gasteiger partial charge in [-0.05, 0) is 24.6 Å². The van der Waals surface area contributed by atoms with Crippen molar-refractivity contribution in [2.45, 2.75) is 12.8 Å². The van der Waals surface area contributed by atoms with Crippen molar-refractivity contribution in [3.8, 4) is 6.07 Å². The first-order valence-electron chi connectivity index (χ1n) is 5.19. The Morgan fingerprint density at radius 1 is 1.69 bits per heavy atom. The molecule has 2 rings (SSSR count). The van der Waals surface area contributed by atoms with E-state index in [1.807, 2.05) is 11.8 Å². The number of likely N-dealkylation sites (N-methyl/N-ethyl adjacent to an activating group) is 1. The molecule has 4 heteroatoms. The van der Waals surface area contributed by atoms with Gasteiger partial charge in [-0.25, -0.2) is 4.79 Å². The van der Waals surface area contributed by atoms with Gasteiger partial charge in [-0.1, -0.05) is 6.07 Å². The molecule has 0 fully saturated rings. The summed E-state index contributed by atoms with van der Waals surface area (Å²) < 4.78 is 0. The number of nitrogens with zero attached hydrogens (tertiary/aromatic N) is 2. The molecular formula is C12H12N2O2. The highest BCUT2D eigenvalue weighted by molar-refractivity contribution is 5.89. The number of carboxylic acids is 1. The summed E-state index contributed by atoms with van der Waals surface area (Å²) in [7, 11) is 0. The second-order valence-electron chi connectivity index (χ2n) is 3.80. The Bertz CT molecular complexity index is 476. The van der Waals surface area contributed by atoms with Crippen LogP contribution in [0.25, 0.3) is 0 Å². The number of anilines is 1. The normalized spacial score (nSPS) is 18.0. The van der Waals surface area contributed by atoms with E-state index in [1.54, 1.807) is 18.2 Å². The van der Waals surface area contributed by atoms with Gasteiger partial charge in [0.05, 0.1) is 17.6 Å². The van der Waals surface area contributed by atoms with Crippen molar-refractivity contribution in [3.05, 3.63) is 29.3 Å². The van der Waals surface area contributed by atoms with Crippen LogP contribution in [0.3, 0.4) is 0 Å². The second-order valence-corrected chi connectivity index (χ2v) is 3.80. The largest absolute Gasteiger partial charge is 0.478 e. The molecule has 82 valence electrons. The summed E-state index contributed by atoms with van der Waals surface area (Å²) in [6.45, 7) is 3.44. The van der Waals surface area contributed by atoms with Crippen molar-refractivity contribution < 1.29 is 9.90 Å².